The summed E-state index contributed by atoms with van der Waals surface area (Å²) in [5, 5.41) is 3.42. The number of benzene rings is 1. The van der Waals surface area contributed by atoms with Gasteiger partial charge >= 0.3 is 0 Å². The van der Waals surface area contributed by atoms with Crippen molar-refractivity contribution in [1.29, 1.82) is 0 Å². The van der Waals surface area contributed by atoms with Gasteiger partial charge in [-0.15, -0.1) is 0 Å². The summed E-state index contributed by atoms with van der Waals surface area (Å²) in [5.41, 5.74) is 2.58. The molecule has 2 saturated heterocycles. The van der Waals surface area contributed by atoms with E-state index in [1.807, 2.05) is 11.9 Å². The van der Waals surface area contributed by atoms with Crippen LogP contribution in [0.3, 0.4) is 0 Å². The first-order valence-electron chi connectivity index (χ1n) is 8.96. The van der Waals surface area contributed by atoms with E-state index >= 15 is 0 Å². The SMILES string of the molecule is C[C@H]1C[C@@H](C(=O)N(C)Cc2ccccc2N2CCCC2)CCN1. The second-order valence-electron chi connectivity index (χ2n) is 7.09. The van der Waals surface area contributed by atoms with Crippen LogP contribution in [-0.4, -0.2) is 43.5 Å². The molecular formula is C19H29N3O. The molecule has 0 aromatic heterocycles. The molecule has 1 aromatic rings. The highest BCUT2D eigenvalue weighted by Gasteiger charge is 2.27. The largest absolute Gasteiger partial charge is 0.371 e. The zero-order valence-corrected chi connectivity index (χ0v) is 14.4. The van der Waals surface area contributed by atoms with Crippen molar-refractivity contribution in [2.75, 3.05) is 31.6 Å². The summed E-state index contributed by atoms with van der Waals surface area (Å²) in [6.45, 7) is 6.11. The Morgan fingerprint density at radius 3 is 2.78 bits per heavy atom. The number of nitrogens with zero attached hydrogens (tertiary/aromatic N) is 2. The number of carbonyl (C=O) groups excluding carboxylic acids is 1. The molecule has 2 atom stereocenters. The van der Waals surface area contributed by atoms with Gasteiger partial charge in [0.25, 0.3) is 0 Å². The lowest BCUT2D eigenvalue weighted by Crippen LogP contribution is -2.42. The second kappa shape index (κ2) is 7.35. The molecule has 1 aromatic carbocycles. The van der Waals surface area contributed by atoms with Crippen LogP contribution in [0.4, 0.5) is 5.69 Å². The summed E-state index contributed by atoms with van der Waals surface area (Å²) in [7, 11) is 1.95. The minimum atomic E-state index is 0.176. The van der Waals surface area contributed by atoms with Gasteiger partial charge in [-0.3, -0.25) is 4.79 Å². The number of carbonyl (C=O) groups is 1. The average Bonchev–Trinajstić information content (AvgIpc) is 3.09. The van der Waals surface area contributed by atoms with Gasteiger partial charge in [0.1, 0.15) is 0 Å². The molecule has 23 heavy (non-hydrogen) atoms. The van der Waals surface area contributed by atoms with Crippen molar-refractivity contribution < 1.29 is 4.79 Å². The normalized spacial score (nSPS) is 24.7. The van der Waals surface area contributed by atoms with Crippen molar-refractivity contribution in [3.8, 4) is 0 Å². The van der Waals surface area contributed by atoms with Crippen molar-refractivity contribution in [2.24, 2.45) is 5.92 Å². The fourth-order valence-corrected chi connectivity index (χ4v) is 3.91. The van der Waals surface area contributed by atoms with Gasteiger partial charge in [0.05, 0.1) is 0 Å². The molecule has 3 rings (SSSR count). The van der Waals surface area contributed by atoms with Crippen LogP contribution in [0.1, 0.15) is 38.2 Å². The molecule has 2 fully saturated rings. The topological polar surface area (TPSA) is 35.6 Å². The molecular weight excluding hydrogens is 286 g/mol. The van der Waals surface area contributed by atoms with Crippen molar-refractivity contribution in [3.63, 3.8) is 0 Å². The lowest BCUT2D eigenvalue weighted by atomic mass is 9.92. The maximum absolute atomic E-state index is 12.8. The molecule has 0 saturated carbocycles. The van der Waals surface area contributed by atoms with E-state index in [1.165, 1.54) is 24.1 Å². The molecule has 0 unspecified atom stereocenters. The van der Waals surface area contributed by atoms with Crippen LogP contribution < -0.4 is 10.2 Å². The zero-order valence-electron chi connectivity index (χ0n) is 14.4. The quantitative estimate of drug-likeness (QED) is 0.928. The highest BCUT2D eigenvalue weighted by Crippen LogP contribution is 2.26. The Morgan fingerprint density at radius 1 is 1.30 bits per heavy atom. The van der Waals surface area contributed by atoms with E-state index in [1.54, 1.807) is 0 Å². The lowest BCUT2D eigenvalue weighted by Gasteiger charge is -2.31. The second-order valence-corrected chi connectivity index (χ2v) is 7.09. The average molecular weight is 315 g/mol. The lowest BCUT2D eigenvalue weighted by molar-refractivity contribution is -0.135. The van der Waals surface area contributed by atoms with Gasteiger partial charge in [-0.1, -0.05) is 18.2 Å². The van der Waals surface area contributed by atoms with Crippen LogP contribution in [0.25, 0.3) is 0 Å². The minimum Gasteiger partial charge on any atom is -0.371 e. The molecule has 4 heteroatoms. The van der Waals surface area contributed by atoms with Gasteiger partial charge in [0.2, 0.25) is 5.91 Å². The molecule has 2 aliphatic rings. The summed E-state index contributed by atoms with van der Waals surface area (Å²) in [6, 6.07) is 9.00. The van der Waals surface area contributed by atoms with Crippen LogP contribution in [0.5, 0.6) is 0 Å². The smallest absolute Gasteiger partial charge is 0.225 e. The molecule has 0 radical (unpaired) electrons. The zero-order chi connectivity index (χ0) is 16.2. The van der Waals surface area contributed by atoms with Gasteiger partial charge in [-0.05, 0) is 50.8 Å². The Morgan fingerprint density at radius 2 is 2.04 bits per heavy atom. The van der Waals surface area contributed by atoms with Gasteiger partial charge < -0.3 is 15.1 Å². The molecule has 2 aliphatic heterocycles. The number of piperidine rings is 1. The Hall–Kier alpha value is -1.55. The van der Waals surface area contributed by atoms with E-state index in [2.05, 4.69) is 41.4 Å². The molecule has 126 valence electrons. The Bertz CT molecular complexity index is 539. The standard InChI is InChI=1S/C19H29N3O/c1-15-13-16(9-10-20-15)19(23)21(2)14-17-7-3-4-8-18(17)22-11-5-6-12-22/h3-4,7-8,15-16,20H,5-6,9-14H2,1-2H3/t15-,16-/m0/s1. The van der Waals surface area contributed by atoms with Crippen molar-refractivity contribution in [1.82, 2.24) is 10.2 Å². The predicted octanol–water partition coefficient (Wildman–Crippen LogP) is 2.63. The predicted molar refractivity (Wildman–Crippen MR) is 94.6 cm³/mol. The number of hydrogen-bond acceptors (Lipinski definition) is 3. The number of rotatable bonds is 4. The van der Waals surface area contributed by atoms with E-state index in [9.17, 15) is 4.79 Å². The third-order valence-electron chi connectivity index (χ3n) is 5.20. The highest BCUT2D eigenvalue weighted by molar-refractivity contribution is 5.79. The first kappa shape index (κ1) is 16.3. The molecule has 2 heterocycles. The van der Waals surface area contributed by atoms with E-state index < -0.39 is 0 Å². The summed E-state index contributed by atoms with van der Waals surface area (Å²) in [5.74, 6) is 0.477. The van der Waals surface area contributed by atoms with Crippen LogP contribution in [0, 0.1) is 5.92 Å². The summed E-state index contributed by atoms with van der Waals surface area (Å²) >= 11 is 0. The number of amides is 1. The molecule has 1 N–H and O–H groups in total. The van der Waals surface area contributed by atoms with E-state index in [0.29, 0.717) is 18.5 Å². The van der Waals surface area contributed by atoms with Gasteiger partial charge in [-0.2, -0.15) is 0 Å². The van der Waals surface area contributed by atoms with E-state index in [0.717, 1.165) is 32.5 Å². The van der Waals surface area contributed by atoms with Crippen LogP contribution in [-0.2, 0) is 11.3 Å². The molecule has 0 spiro atoms. The van der Waals surface area contributed by atoms with Crippen LogP contribution >= 0.6 is 0 Å². The van der Waals surface area contributed by atoms with Gasteiger partial charge in [0, 0.05) is 44.3 Å². The van der Waals surface area contributed by atoms with E-state index in [-0.39, 0.29) is 5.92 Å². The summed E-state index contributed by atoms with van der Waals surface area (Å²) < 4.78 is 0. The number of para-hydroxylation sites is 1. The maximum Gasteiger partial charge on any atom is 0.225 e. The Labute approximate surface area is 139 Å². The summed E-state index contributed by atoms with van der Waals surface area (Å²) in [6.07, 6.45) is 4.46. The van der Waals surface area contributed by atoms with Crippen LogP contribution in [0.2, 0.25) is 0 Å². The minimum absolute atomic E-state index is 0.176. The molecule has 1 amide bonds. The molecule has 4 nitrogen and oxygen atoms in total. The first-order valence-corrected chi connectivity index (χ1v) is 8.96. The Kier molecular flexibility index (Phi) is 5.21. The Balaban J connectivity index is 1.67. The number of hydrogen-bond donors (Lipinski definition) is 1. The molecule has 0 aliphatic carbocycles. The van der Waals surface area contributed by atoms with Crippen molar-refractivity contribution in [3.05, 3.63) is 29.8 Å². The third kappa shape index (κ3) is 3.86. The monoisotopic (exact) mass is 315 g/mol. The number of anilines is 1. The molecule has 0 bridgehead atoms. The highest BCUT2D eigenvalue weighted by atomic mass is 16.2. The van der Waals surface area contributed by atoms with Crippen LogP contribution in [0.15, 0.2) is 24.3 Å². The maximum atomic E-state index is 12.8. The third-order valence-corrected chi connectivity index (χ3v) is 5.20. The fourth-order valence-electron chi connectivity index (χ4n) is 3.91. The van der Waals surface area contributed by atoms with Gasteiger partial charge in [0.15, 0.2) is 0 Å². The number of nitrogens with one attached hydrogen (secondary N) is 1. The van der Waals surface area contributed by atoms with Crippen molar-refractivity contribution >= 4 is 11.6 Å². The van der Waals surface area contributed by atoms with Gasteiger partial charge in [-0.25, -0.2) is 0 Å². The first-order chi connectivity index (χ1) is 11.1. The fraction of sp³-hybridized carbons (Fsp3) is 0.632. The van der Waals surface area contributed by atoms with Crippen molar-refractivity contribution in [2.45, 2.75) is 45.2 Å². The van der Waals surface area contributed by atoms with E-state index in [4.69, 9.17) is 0 Å². The summed E-state index contributed by atoms with van der Waals surface area (Å²) in [4.78, 5) is 17.2.